The fourth-order valence-corrected chi connectivity index (χ4v) is 5.34. The summed E-state index contributed by atoms with van der Waals surface area (Å²) in [5.74, 6) is 0.560. The molecule has 0 radical (unpaired) electrons. The number of aromatic hydroxyl groups is 1. The lowest BCUT2D eigenvalue weighted by atomic mass is 9.89. The van der Waals surface area contributed by atoms with Gasteiger partial charge in [0, 0.05) is 0 Å². The Morgan fingerprint density at radius 3 is 1.21 bits per heavy atom. The Kier molecular flexibility index (Phi) is 20.5. The van der Waals surface area contributed by atoms with Crippen molar-refractivity contribution in [2.24, 2.45) is 0 Å². The van der Waals surface area contributed by atoms with Gasteiger partial charge in [-0.05, 0) is 61.3 Å². The molecule has 198 valence electrons. The maximum Gasteiger partial charge on any atom is 0.119 e. The molecule has 0 unspecified atom stereocenters. The number of aryl methyl sites for hydroxylation is 1. The molecule has 0 aliphatic rings. The largest absolute Gasteiger partial charge is 0.508 e. The topological polar surface area (TPSA) is 20.2 Å². The minimum absolute atomic E-state index is 0.560. The summed E-state index contributed by atoms with van der Waals surface area (Å²) in [7, 11) is 0. The Bertz CT molecular complexity index is 576. The van der Waals surface area contributed by atoms with Gasteiger partial charge in [-0.25, -0.2) is 0 Å². The maximum atomic E-state index is 10.8. The molecular weight excluding hydrogens is 412 g/mol. The molecular formula is C33H60O. The van der Waals surface area contributed by atoms with Gasteiger partial charge in [0.1, 0.15) is 5.75 Å². The van der Waals surface area contributed by atoms with E-state index >= 15 is 0 Å². The first-order chi connectivity index (χ1) is 16.7. The quantitative estimate of drug-likeness (QED) is 0.148. The van der Waals surface area contributed by atoms with Gasteiger partial charge in [-0.2, -0.15) is 0 Å². The third-order valence-corrected chi connectivity index (χ3v) is 7.61. The molecule has 0 heterocycles. The molecule has 0 fully saturated rings. The average Bonchev–Trinajstić information content (AvgIpc) is 2.84. The number of benzene rings is 1. The van der Waals surface area contributed by atoms with Gasteiger partial charge in [-0.1, -0.05) is 142 Å². The number of unbranched alkanes of at least 4 members (excludes halogenated alkanes) is 18. The van der Waals surface area contributed by atoms with Crippen LogP contribution in [0.15, 0.2) is 12.1 Å². The molecule has 0 aromatic heterocycles. The molecule has 34 heavy (non-hydrogen) atoms. The first kappa shape index (κ1) is 31.1. The Labute approximate surface area is 214 Å². The van der Waals surface area contributed by atoms with Gasteiger partial charge in [0.25, 0.3) is 0 Å². The van der Waals surface area contributed by atoms with E-state index in [2.05, 4.69) is 26.8 Å². The second-order valence-corrected chi connectivity index (χ2v) is 10.8. The molecule has 1 nitrogen and oxygen atoms in total. The molecule has 0 aliphatic heterocycles. The zero-order valence-electron chi connectivity index (χ0n) is 23.6. The van der Waals surface area contributed by atoms with Gasteiger partial charge in [0.15, 0.2) is 0 Å². The van der Waals surface area contributed by atoms with Crippen molar-refractivity contribution in [2.75, 3.05) is 0 Å². The van der Waals surface area contributed by atoms with Gasteiger partial charge in [0.2, 0.25) is 0 Å². The summed E-state index contributed by atoms with van der Waals surface area (Å²) in [6, 6.07) is 4.25. The van der Waals surface area contributed by atoms with Crippen LogP contribution in [0.3, 0.4) is 0 Å². The molecule has 0 saturated carbocycles. The second kappa shape index (κ2) is 22.5. The highest BCUT2D eigenvalue weighted by Crippen LogP contribution is 2.30. The van der Waals surface area contributed by atoms with E-state index in [0.29, 0.717) is 5.75 Å². The Morgan fingerprint density at radius 2 is 0.765 bits per heavy atom. The van der Waals surface area contributed by atoms with Crippen molar-refractivity contribution in [1.29, 1.82) is 0 Å². The zero-order chi connectivity index (χ0) is 24.7. The van der Waals surface area contributed by atoms with E-state index in [1.165, 1.54) is 164 Å². The van der Waals surface area contributed by atoms with Crippen LogP contribution < -0.4 is 0 Å². The fourth-order valence-electron chi connectivity index (χ4n) is 5.34. The van der Waals surface area contributed by atoms with Crippen LogP contribution in [-0.4, -0.2) is 5.11 Å². The smallest absolute Gasteiger partial charge is 0.119 e. The van der Waals surface area contributed by atoms with E-state index in [0.717, 1.165) is 6.42 Å². The van der Waals surface area contributed by atoms with Crippen molar-refractivity contribution in [1.82, 2.24) is 0 Å². The van der Waals surface area contributed by atoms with Crippen molar-refractivity contribution in [2.45, 2.75) is 175 Å². The summed E-state index contributed by atoms with van der Waals surface area (Å²) in [5, 5.41) is 10.8. The zero-order valence-corrected chi connectivity index (χ0v) is 23.6. The minimum atomic E-state index is 0.560. The lowest BCUT2D eigenvalue weighted by molar-refractivity contribution is 0.463. The van der Waals surface area contributed by atoms with Crippen LogP contribution in [0.5, 0.6) is 5.75 Å². The van der Waals surface area contributed by atoms with Crippen molar-refractivity contribution < 1.29 is 5.11 Å². The lowest BCUT2D eigenvalue weighted by Crippen LogP contribution is -2.03. The van der Waals surface area contributed by atoms with E-state index < -0.39 is 0 Å². The number of phenols is 1. The predicted octanol–water partition coefficient (Wildman–Crippen LogP) is 11.3. The SMILES string of the molecule is CCCCCCCCCCc1ccc(O)c(CCCCCCC)c1CCCCCCCCCC. The lowest BCUT2D eigenvalue weighted by Gasteiger charge is -2.17. The molecule has 0 amide bonds. The molecule has 1 heteroatoms. The Morgan fingerprint density at radius 1 is 0.412 bits per heavy atom. The number of phenolic OH excluding ortho intramolecular Hbond substituents is 1. The van der Waals surface area contributed by atoms with Crippen LogP contribution in [0, 0.1) is 0 Å². The van der Waals surface area contributed by atoms with Crippen LogP contribution in [-0.2, 0) is 19.3 Å². The molecule has 0 saturated heterocycles. The molecule has 1 aromatic rings. The highest BCUT2D eigenvalue weighted by molar-refractivity contribution is 5.45. The van der Waals surface area contributed by atoms with E-state index in [-0.39, 0.29) is 0 Å². The molecule has 0 atom stereocenters. The van der Waals surface area contributed by atoms with Gasteiger partial charge in [-0.15, -0.1) is 0 Å². The standard InChI is InChI=1S/C33H60O/c1-4-7-10-13-15-17-20-22-25-30-28-29-33(34)32(27-24-19-12-9-6-3)31(30)26-23-21-18-16-14-11-8-5-2/h28-29,34H,4-27H2,1-3H3. The van der Waals surface area contributed by atoms with E-state index in [9.17, 15) is 5.11 Å². The molecule has 1 aromatic carbocycles. The second-order valence-electron chi connectivity index (χ2n) is 10.8. The first-order valence-corrected chi connectivity index (χ1v) is 15.6. The molecule has 1 N–H and O–H groups in total. The van der Waals surface area contributed by atoms with Gasteiger partial charge in [-0.3, -0.25) is 0 Å². The number of rotatable bonds is 24. The highest BCUT2D eigenvalue weighted by atomic mass is 16.3. The van der Waals surface area contributed by atoms with Gasteiger partial charge < -0.3 is 5.11 Å². The van der Waals surface area contributed by atoms with Crippen LogP contribution >= 0.6 is 0 Å². The summed E-state index contributed by atoms with van der Waals surface area (Å²) < 4.78 is 0. The third-order valence-electron chi connectivity index (χ3n) is 7.61. The van der Waals surface area contributed by atoms with Crippen molar-refractivity contribution >= 4 is 0 Å². The Hall–Kier alpha value is -0.980. The predicted molar refractivity (Wildman–Crippen MR) is 153 cm³/mol. The monoisotopic (exact) mass is 472 g/mol. The number of hydrogen-bond donors (Lipinski definition) is 1. The Balaban J connectivity index is 2.58. The van der Waals surface area contributed by atoms with E-state index in [1.54, 1.807) is 0 Å². The van der Waals surface area contributed by atoms with Crippen molar-refractivity contribution in [3.05, 3.63) is 28.8 Å². The molecule has 0 spiro atoms. The summed E-state index contributed by atoms with van der Waals surface area (Å²) in [6.45, 7) is 6.87. The molecule has 0 aliphatic carbocycles. The fraction of sp³-hybridized carbons (Fsp3) is 0.818. The van der Waals surface area contributed by atoms with Crippen LogP contribution in [0.1, 0.15) is 172 Å². The van der Waals surface area contributed by atoms with E-state index in [1.807, 2.05) is 6.07 Å². The average molecular weight is 473 g/mol. The van der Waals surface area contributed by atoms with E-state index in [4.69, 9.17) is 0 Å². The minimum Gasteiger partial charge on any atom is -0.508 e. The maximum absolute atomic E-state index is 10.8. The van der Waals surface area contributed by atoms with Crippen LogP contribution in [0.25, 0.3) is 0 Å². The van der Waals surface area contributed by atoms with Gasteiger partial charge in [0.05, 0.1) is 0 Å². The third kappa shape index (κ3) is 15.1. The van der Waals surface area contributed by atoms with Gasteiger partial charge >= 0.3 is 0 Å². The van der Waals surface area contributed by atoms with Crippen molar-refractivity contribution in [3.8, 4) is 5.75 Å². The van der Waals surface area contributed by atoms with Crippen LogP contribution in [0.4, 0.5) is 0 Å². The first-order valence-electron chi connectivity index (χ1n) is 15.6. The van der Waals surface area contributed by atoms with Crippen molar-refractivity contribution in [3.63, 3.8) is 0 Å². The summed E-state index contributed by atoms with van der Waals surface area (Å²) in [4.78, 5) is 0. The normalized spacial score (nSPS) is 11.4. The summed E-state index contributed by atoms with van der Waals surface area (Å²) in [6.07, 6.45) is 31.9. The summed E-state index contributed by atoms with van der Waals surface area (Å²) in [5.41, 5.74) is 4.34. The highest BCUT2D eigenvalue weighted by Gasteiger charge is 2.13. The summed E-state index contributed by atoms with van der Waals surface area (Å²) >= 11 is 0. The number of hydrogen-bond acceptors (Lipinski definition) is 1. The molecule has 0 bridgehead atoms. The molecule has 1 rings (SSSR count). The van der Waals surface area contributed by atoms with Crippen LogP contribution in [0.2, 0.25) is 0 Å².